The summed E-state index contributed by atoms with van der Waals surface area (Å²) in [5.41, 5.74) is 0.458. The monoisotopic (exact) mass is 253 g/mol. The summed E-state index contributed by atoms with van der Waals surface area (Å²) in [6.45, 7) is 2.07. The van der Waals surface area contributed by atoms with Crippen molar-refractivity contribution in [3.8, 4) is 0 Å². The highest BCUT2D eigenvalue weighted by Gasteiger charge is 2.41. The average molecular weight is 254 g/mol. The lowest BCUT2D eigenvalue weighted by Crippen LogP contribution is -2.38. The number of nitrogens with one attached hydrogen (secondary N) is 1. The number of halogens is 1. The van der Waals surface area contributed by atoms with Crippen LogP contribution in [0.25, 0.3) is 0 Å². The number of carbonyl (C=O) groups excluding carboxylic acids is 1. The third kappa shape index (κ3) is 2.23. The maximum absolute atomic E-state index is 11.0. The number of rotatable bonds is 4. The molecule has 2 rings (SSSR count). The molecule has 0 aliphatic carbocycles. The summed E-state index contributed by atoms with van der Waals surface area (Å²) in [4.78, 5) is 11.0. The third-order valence-electron chi connectivity index (χ3n) is 3.22. The predicted octanol–water partition coefficient (Wildman–Crippen LogP) is 2.52. The Morgan fingerprint density at radius 1 is 1.59 bits per heavy atom. The van der Waals surface area contributed by atoms with E-state index in [2.05, 4.69) is 12.2 Å². The van der Waals surface area contributed by atoms with Crippen molar-refractivity contribution in [2.75, 3.05) is 0 Å². The van der Waals surface area contributed by atoms with E-state index >= 15 is 0 Å². The largest absolute Gasteiger partial charge is 0.372 e. The van der Waals surface area contributed by atoms with Crippen molar-refractivity contribution < 1.29 is 9.90 Å². The van der Waals surface area contributed by atoms with E-state index < -0.39 is 11.8 Å². The van der Waals surface area contributed by atoms with Crippen molar-refractivity contribution in [1.82, 2.24) is 5.32 Å². The second-order valence-electron chi connectivity index (χ2n) is 4.45. The van der Waals surface area contributed by atoms with E-state index in [1.807, 2.05) is 0 Å². The number of fused-ring (bicyclic) bond motifs is 1. The molecule has 0 spiro atoms. The Kier molecular flexibility index (Phi) is 3.52. The molecule has 2 unspecified atom stereocenters. The van der Waals surface area contributed by atoms with E-state index in [0.717, 1.165) is 30.3 Å². The lowest BCUT2D eigenvalue weighted by atomic mass is 9.96. The van der Waals surface area contributed by atoms with Gasteiger partial charge in [0.2, 0.25) is 0 Å². The van der Waals surface area contributed by atoms with E-state index in [1.165, 1.54) is 0 Å². The van der Waals surface area contributed by atoms with E-state index in [1.54, 1.807) is 18.2 Å². The summed E-state index contributed by atoms with van der Waals surface area (Å²) < 4.78 is 0. The molecule has 4 heteroatoms. The van der Waals surface area contributed by atoms with Crippen LogP contribution in [0.15, 0.2) is 18.2 Å². The predicted molar refractivity (Wildman–Crippen MR) is 66.8 cm³/mol. The van der Waals surface area contributed by atoms with Crippen LogP contribution >= 0.6 is 11.6 Å². The third-order valence-corrected chi connectivity index (χ3v) is 3.45. The number of aldehydes is 1. The smallest absolute Gasteiger partial charge is 0.143 e. The standard InChI is InChI=1S/C13H16ClNO2/c1-2-3-6-13(17)11-5-4-9(14)7-10(11)12(8-16)15-13/h4-5,7-8,12,15,17H,2-3,6H2,1H3. The molecular formula is C13H16ClNO2. The molecule has 92 valence electrons. The second-order valence-corrected chi connectivity index (χ2v) is 4.89. The molecule has 2 atom stereocenters. The van der Waals surface area contributed by atoms with Crippen LogP contribution < -0.4 is 5.32 Å². The normalized spacial score (nSPS) is 26.9. The summed E-state index contributed by atoms with van der Waals surface area (Å²) in [5, 5.41) is 14.1. The molecule has 1 aliphatic rings. The first-order valence-corrected chi connectivity index (χ1v) is 6.24. The maximum atomic E-state index is 11.0. The number of hydrogen-bond donors (Lipinski definition) is 2. The molecule has 3 nitrogen and oxygen atoms in total. The van der Waals surface area contributed by atoms with E-state index in [0.29, 0.717) is 11.4 Å². The molecule has 1 heterocycles. The van der Waals surface area contributed by atoms with E-state index in [9.17, 15) is 9.90 Å². The maximum Gasteiger partial charge on any atom is 0.143 e. The Balaban J connectivity index is 2.39. The zero-order valence-electron chi connectivity index (χ0n) is 9.74. The van der Waals surface area contributed by atoms with Gasteiger partial charge in [0.25, 0.3) is 0 Å². The topological polar surface area (TPSA) is 49.3 Å². The molecule has 1 aliphatic heterocycles. The Morgan fingerprint density at radius 3 is 3.00 bits per heavy atom. The fourth-order valence-corrected chi connectivity index (χ4v) is 2.51. The quantitative estimate of drug-likeness (QED) is 0.811. The second kappa shape index (κ2) is 4.77. The van der Waals surface area contributed by atoms with E-state index in [-0.39, 0.29) is 0 Å². The van der Waals surface area contributed by atoms with Gasteiger partial charge in [0.15, 0.2) is 0 Å². The molecule has 17 heavy (non-hydrogen) atoms. The highest BCUT2D eigenvalue weighted by Crippen LogP contribution is 2.39. The van der Waals surface area contributed by atoms with E-state index in [4.69, 9.17) is 11.6 Å². The van der Waals surface area contributed by atoms with Gasteiger partial charge in [0, 0.05) is 10.6 Å². The molecular weight excluding hydrogens is 238 g/mol. The van der Waals surface area contributed by atoms with Crippen LogP contribution in [0, 0.1) is 0 Å². The highest BCUT2D eigenvalue weighted by molar-refractivity contribution is 6.30. The Labute approximate surface area is 106 Å². The van der Waals surface area contributed by atoms with Gasteiger partial charge in [-0.1, -0.05) is 31.0 Å². The molecule has 0 bridgehead atoms. The van der Waals surface area contributed by atoms with Crippen molar-refractivity contribution in [3.63, 3.8) is 0 Å². The van der Waals surface area contributed by atoms with Crippen molar-refractivity contribution in [1.29, 1.82) is 0 Å². The molecule has 1 aromatic carbocycles. The molecule has 0 saturated carbocycles. The number of benzene rings is 1. The number of carbonyl (C=O) groups is 1. The summed E-state index contributed by atoms with van der Waals surface area (Å²) >= 11 is 5.92. The molecule has 0 radical (unpaired) electrons. The Morgan fingerprint density at radius 2 is 2.35 bits per heavy atom. The molecule has 0 aromatic heterocycles. The zero-order chi connectivity index (χ0) is 12.5. The Hall–Kier alpha value is -0.900. The van der Waals surface area contributed by atoms with Crippen LogP contribution in [-0.4, -0.2) is 11.4 Å². The highest BCUT2D eigenvalue weighted by atomic mass is 35.5. The first-order chi connectivity index (χ1) is 8.10. The van der Waals surface area contributed by atoms with Gasteiger partial charge in [-0.3, -0.25) is 5.32 Å². The van der Waals surface area contributed by atoms with Gasteiger partial charge in [-0.25, -0.2) is 0 Å². The number of aliphatic hydroxyl groups is 1. The van der Waals surface area contributed by atoms with Crippen LogP contribution in [0.1, 0.15) is 43.4 Å². The molecule has 0 fully saturated rings. The number of hydrogen-bond acceptors (Lipinski definition) is 3. The van der Waals surface area contributed by atoms with Gasteiger partial charge >= 0.3 is 0 Å². The zero-order valence-corrected chi connectivity index (χ0v) is 10.5. The SMILES string of the molecule is CCCCC1(O)NC(C=O)c2cc(Cl)ccc21. The first kappa shape index (κ1) is 12.6. The van der Waals surface area contributed by atoms with Crippen LogP contribution in [0.2, 0.25) is 5.02 Å². The van der Waals surface area contributed by atoms with Crippen molar-refractivity contribution in [2.24, 2.45) is 0 Å². The van der Waals surface area contributed by atoms with Crippen LogP contribution in [0.5, 0.6) is 0 Å². The lowest BCUT2D eigenvalue weighted by Gasteiger charge is -2.24. The molecule has 0 amide bonds. The first-order valence-electron chi connectivity index (χ1n) is 5.86. The minimum Gasteiger partial charge on any atom is -0.372 e. The van der Waals surface area contributed by atoms with Crippen molar-refractivity contribution in [2.45, 2.75) is 38.0 Å². The van der Waals surface area contributed by atoms with Crippen LogP contribution in [-0.2, 0) is 10.5 Å². The molecule has 2 N–H and O–H groups in total. The van der Waals surface area contributed by atoms with Gasteiger partial charge in [-0.2, -0.15) is 0 Å². The minimum atomic E-state index is -1.10. The molecule has 1 aromatic rings. The Bertz CT molecular complexity index is 435. The minimum absolute atomic E-state index is 0.467. The van der Waals surface area contributed by atoms with Gasteiger partial charge in [-0.15, -0.1) is 0 Å². The van der Waals surface area contributed by atoms with Crippen molar-refractivity contribution >= 4 is 17.9 Å². The number of unbranched alkanes of at least 4 members (excludes halogenated alkanes) is 1. The average Bonchev–Trinajstić information content (AvgIpc) is 2.60. The fourth-order valence-electron chi connectivity index (χ4n) is 2.33. The van der Waals surface area contributed by atoms with Gasteiger partial charge in [-0.05, 0) is 30.5 Å². The summed E-state index contributed by atoms with van der Waals surface area (Å²) in [6, 6.07) is 4.81. The van der Waals surface area contributed by atoms with Gasteiger partial charge in [0.1, 0.15) is 12.0 Å². The summed E-state index contributed by atoms with van der Waals surface area (Å²) in [7, 11) is 0. The van der Waals surface area contributed by atoms with Gasteiger partial charge in [0.05, 0.1) is 6.04 Å². The van der Waals surface area contributed by atoms with Crippen molar-refractivity contribution in [3.05, 3.63) is 34.3 Å². The summed E-state index contributed by atoms with van der Waals surface area (Å²) in [5.74, 6) is 0. The molecule has 0 saturated heterocycles. The van der Waals surface area contributed by atoms with Crippen LogP contribution in [0.3, 0.4) is 0 Å². The van der Waals surface area contributed by atoms with Crippen LogP contribution in [0.4, 0.5) is 0 Å². The summed E-state index contributed by atoms with van der Waals surface area (Å²) in [6.07, 6.45) is 3.30. The lowest BCUT2D eigenvalue weighted by molar-refractivity contribution is -0.111. The fraction of sp³-hybridized carbons (Fsp3) is 0.462. The van der Waals surface area contributed by atoms with Gasteiger partial charge < -0.3 is 9.90 Å².